The van der Waals surface area contributed by atoms with Crippen LogP contribution in [0.1, 0.15) is 23.6 Å². The van der Waals surface area contributed by atoms with E-state index in [1.54, 1.807) is 0 Å². The van der Waals surface area contributed by atoms with E-state index in [-0.39, 0.29) is 18.3 Å². The summed E-state index contributed by atoms with van der Waals surface area (Å²) in [5.41, 5.74) is -5.65. The Kier molecular flexibility index (Phi) is 6.39. The zero-order valence-corrected chi connectivity index (χ0v) is 16.9. The number of benzene rings is 2. The molecule has 0 atom stereocenters. The molecule has 3 rings (SSSR count). The van der Waals surface area contributed by atoms with Gasteiger partial charge in [0.15, 0.2) is 0 Å². The molecule has 0 saturated carbocycles. The molecule has 33 heavy (non-hydrogen) atoms. The lowest BCUT2D eigenvalue weighted by Crippen LogP contribution is -2.33. The molecular weight excluding hydrogens is 459 g/mol. The van der Waals surface area contributed by atoms with E-state index in [4.69, 9.17) is 0 Å². The second-order valence-electron chi connectivity index (χ2n) is 6.94. The second kappa shape index (κ2) is 8.75. The first-order valence-corrected chi connectivity index (χ1v) is 9.46. The van der Waals surface area contributed by atoms with Crippen molar-refractivity contribution in [3.8, 4) is 5.69 Å². The number of carbonyl (C=O) groups excluding carboxylic acids is 1. The number of carbonyl (C=O) groups is 1. The van der Waals surface area contributed by atoms with E-state index in [1.165, 1.54) is 19.1 Å². The van der Waals surface area contributed by atoms with Gasteiger partial charge in [-0.2, -0.15) is 26.3 Å². The number of imidazole rings is 1. The molecule has 2 aromatic carbocycles. The third-order valence-electron chi connectivity index (χ3n) is 4.85. The summed E-state index contributed by atoms with van der Waals surface area (Å²) in [5.74, 6) is -1.49. The number of aromatic nitrogens is 2. The minimum absolute atomic E-state index is 0.00805. The third kappa shape index (κ3) is 5.10. The van der Waals surface area contributed by atoms with Crippen molar-refractivity contribution in [2.45, 2.75) is 25.7 Å². The van der Waals surface area contributed by atoms with E-state index >= 15 is 0 Å². The van der Waals surface area contributed by atoms with E-state index in [0.717, 1.165) is 29.4 Å². The number of nitrogens with zero attached hydrogens (tertiary/aromatic N) is 2. The van der Waals surface area contributed by atoms with E-state index in [2.05, 4.69) is 4.98 Å². The van der Waals surface area contributed by atoms with Crippen LogP contribution in [-0.4, -0.2) is 22.0 Å². The van der Waals surface area contributed by atoms with Crippen molar-refractivity contribution in [1.82, 2.24) is 9.55 Å². The van der Waals surface area contributed by atoms with Gasteiger partial charge in [0.05, 0.1) is 23.2 Å². The highest BCUT2D eigenvalue weighted by molar-refractivity contribution is 5.95. The molecule has 0 fully saturated rings. The molecule has 0 aliphatic carbocycles. The molecule has 0 unspecified atom stereocenters. The highest BCUT2D eigenvalue weighted by Gasteiger charge is 2.40. The SMILES string of the molecule is CCN(C(=O)Cc1c(-n2cc[nH]c2=O)cc(C(F)(F)F)cc1C(F)(F)F)c1ccc(F)cc1. The minimum Gasteiger partial charge on any atom is -0.312 e. The fourth-order valence-electron chi connectivity index (χ4n) is 3.35. The van der Waals surface area contributed by atoms with Gasteiger partial charge in [-0.3, -0.25) is 9.36 Å². The Labute approximate surface area is 182 Å². The summed E-state index contributed by atoms with van der Waals surface area (Å²) in [6.07, 6.45) is -9.35. The van der Waals surface area contributed by atoms with Crippen LogP contribution in [-0.2, 0) is 23.6 Å². The van der Waals surface area contributed by atoms with Gasteiger partial charge >= 0.3 is 18.0 Å². The molecule has 5 nitrogen and oxygen atoms in total. The summed E-state index contributed by atoms with van der Waals surface area (Å²) in [4.78, 5) is 28.2. The van der Waals surface area contributed by atoms with Gasteiger partial charge in [-0.05, 0) is 48.9 Å². The zero-order chi connectivity index (χ0) is 24.6. The lowest BCUT2D eigenvalue weighted by molar-refractivity contribution is -0.143. The molecular formula is C21H16F7N3O2. The normalized spacial score (nSPS) is 12.1. The Bertz CT molecular complexity index is 1210. The summed E-state index contributed by atoms with van der Waals surface area (Å²) in [7, 11) is 0. The van der Waals surface area contributed by atoms with Crippen LogP contribution in [0.25, 0.3) is 5.69 Å². The summed E-state index contributed by atoms with van der Waals surface area (Å²) < 4.78 is 95.2. The van der Waals surface area contributed by atoms with Crippen LogP contribution in [0.2, 0.25) is 0 Å². The average molecular weight is 475 g/mol. The molecule has 1 heterocycles. The first-order valence-electron chi connectivity index (χ1n) is 9.46. The largest absolute Gasteiger partial charge is 0.416 e. The van der Waals surface area contributed by atoms with Gasteiger partial charge < -0.3 is 9.88 Å². The van der Waals surface area contributed by atoms with Crippen molar-refractivity contribution in [2.75, 3.05) is 11.4 Å². The molecule has 1 N–H and O–H groups in total. The molecule has 0 aliphatic heterocycles. The summed E-state index contributed by atoms with van der Waals surface area (Å²) in [6.45, 7) is 1.52. The van der Waals surface area contributed by atoms with Gasteiger partial charge in [-0.15, -0.1) is 0 Å². The number of H-pyrrole nitrogens is 1. The van der Waals surface area contributed by atoms with Crippen LogP contribution in [0, 0.1) is 5.82 Å². The molecule has 0 radical (unpaired) electrons. The van der Waals surface area contributed by atoms with Crippen LogP contribution in [0.15, 0.2) is 53.6 Å². The number of amides is 1. The van der Waals surface area contributed by atoms with E-state index < -0.39 is 58.6 Å². The number of likely N-dealkylation sites (N-methyl/N-ethyl adjacent to an activating group) is 1. The molecule has 1 aromatic heterocycles. The summed E-state index contributed by atoms with van der Waals surface area (Å²) >= 11 is 0. The summed E-state index contributed by atoms with van der Waals surface area (Å²) in [5, 5.41) is 0. The van der Waals surface area contributed by atoms with Gasteiger partial charge in [0.2, 0.25) is 5.91 Å². The quantitative estimate of drug-likeness (QED) is 0.532. The minimum atomic E-state index is -5.25. The fraction of sp³-hybridized carbons (Fsp3) is 0.238. The van der Waals surface area contributed by atoms with Gasteiger partial charge in [-0.25, -0.2) is 9.18 Å². The first-order chi connectivity index (χ1) is 15.3. The maximum atomic E-state index is 13.8. The van der Waals surface area contributed by atoms with Crippen molar-refractivity contribution < 1.29 is 35.5 Å². The lowest BCUT2D eigenvalue weighted by atomic mass is 9.97. The van der Waals surface area contributed by atoms with Crippen LogP contribution < -0.4 is 10.6 Å². The number of aromatic amines is 1. The number of alkyl halides is 6. The molecule has 1 amide bonds. The molecule has 0 spiro atoms. The number of anilines is 1. The third-order valence-corrected chi connectivity index (χ3v) is 4.85. The van der Waals surface area contributed by atoms with Gasteiger partial charge in [0, 0.05) is 24.6 Å². The van der Waals surface area contributed by atoms with Crippen LogP contribution in [0.5, 0.6) is 0 Å². The predicted octanol–water partition coefficient (Wildman–Crippen LogP) is 4.94. The Morgan fingerprint density at radius 1 is 1.03 bits per heavy atom. The van der Waals surface area contributed by atoms with Crippen molar-refractivity contribution in [1.29, 1.82) is 0 Å². The van der Waals surface area contributed by atoms with Gasteiger partial charge in [-0.1, -0.05) is 0 Å². The first kappa shape index (κ1) is 24.1. The Hall–Kier alpha value is -3.57. The molecule has 3 aromatic rings. The summed E-state index contributed by atoms with van der Waals surface area (Å²) in [6, 6.07) is 4.89. The molecule has 12 heteroatoms. The monoisotopic (exact) mass is 475 g/mol. The second-order valence-corrected chi connectivity index (χ2v) is 6.94. The highest BCUT2D eigenvalue weighted by atomic mass is 19.4. The van der Waals surface area contributed by atoms with E-state index in [9.17, 15) is 40.3 Å². The van der Waals surface area contributed by atoms with Crippen LogP contribution in [0.4, 0.5) is 36.4 Å². The van der Waals surface area contributed by atoms with Crippen LogP contribution in [0.3, 0.4) is 0 Å². The maximum absolute atomic E-state index is 13.8. The molecule has 0 saturated heterocycles. The van der Waals surface area contributed by atoms with E-state index in [1.807, 2.05) is 0 Å². The van der Waals surface area contributed by atoms with Crippen molar-refractivity contribution in [2.24, 2.45) is 0 Å². The van der Waals surface area contributed by atoms with Crippen molar-refractivity contribution in [3.63, 3.8) is 0 Å². The Morgan fingerprint density at radius 2 is 1.67 bits per heavy atom. The standard InChI is InChI=1S/C21H16F7N3O2/c1-2-30(14-5-3-13(22)4-6-14)18(32)11-15-16(21(26,27)28)9-12(20(23,24)25)10-17(15)31-8-7-29-19(31)33/h3-10H,2,11H2,1H3,(H,29,33). The maximum Gasteiger partial charge on any atom is 0.416 e. The molecule has 176 valence electrons. The Morgan fingerprint density at radius 3 is 2.15 bits per heavy atom. The number of nitrogens with one attached hydrogen (secondary N) is 1. The zero-order valence-electron chi connectivity index (χ0n) is 16.9. The molecule has 0 bridgehead atoms. The topological polar surface area (TPSA) is 58.1 Å². The predicted molar refractivity (Wildman–Crippen MR) is 105 cm³/mol. The van der Waals surface area contributed by atoms with Crippen molar-refractivity contribution in [3.05, 3.63) is 81.8 Å². The van der Waals surface area contributed by atoms with Crippen molar-refractivity contribution >= 4 is 11.6 Å². The number of hydrogen-bond donors (Lipinski definition) is 1. The number of halogens is 7. The fourth-order valence-corrected chi connectivity index (χ4v) is 3.35. The van der Waals surface area contributed by atoms with E-state index in [0.29, 0.717) is 10.6 Å². The number of rotatable bonds is 5. The molecule has 0 aliphatic rings. The average Bonchev–Trinajstić information content (AvgIpc) is 3.14. The number of hydrogen-bond acceptors (Lipinski definition) is 2. The Balaban J connectivity index is 2.20. The highest BCUT2D eigenvalue weighted by Crippen LogP contribution is 2.40. The van der Waals surface area contributed by atoms with Gasteiger partial charge in [0.1, 0.15) is 5.82 Å². The van der Waals surface area contributed by atoms with Crippen LogP contribution >= 0.6 is 0 Å². The lowest BCUT2D eigenvalue weighted by Gasteiger charge is -2.24. The smallest absolute Gasteiger partial charge is 0.312 e. The van der Waals surface area contributed by atoms with Gasteiger partial charge in [0.25, 0.3) is 0 Å².